The quantitative estimate of drug-likeness (QED) is 0.0357. The molecule has 0 saturated heterocycles. The molecule has 4 nitrogen and oxygen atoms in total. The Kier molecular flexibility index (Phi) is 18.4. The summed E-state index contributed by atoms with van der Waals surface area (Å²) in [4.78, 5) is 0. The third-order valence-corrected chi connectivity index (χ3v) is 9.74. The van der Waals surface area contributed by atoms with Gasteiger partial charge in [-0.05, 0) is 18.8 Å². The highest BCUT2D eigenvalue weighted by Crippen LogP contribution is 2.39. The molecule has 4 aromatic carbocycles. The van der Waals surface area contributed by atoms with E-state index in [9.17, 15) is 61.5 Å². The Labute approximate surface area is 349 Å². The first kappa shape index (κ1) is 49.8. The zero-order valence-electron chi connectivity index (χ0n) is 33.4. The van der Waals surface area contributed by atoms with Crippen LogP contribution in [0.25, 0.3) is 0 Å². The van der Waals surface area contributed by atoms with Crippen molar-refractivity contribution in [3.8, 4) is 23.0 Å². The van der Waals surface area contributed by atoms with Crippen molar-refractivity contribution in [1.82, 2.24) is 0 Å². The molecule has 0 aliphatic rings. The Balaban J connectivity index is 1.00. The van der Waals surface area contributed by atoms with Gasteiger partial charge in [-0.2, -0.15) is 17.6 Å². The highest BCUT2D eigenvalue weighted by molar-refractivity contribution is 5.35. The Morgan fingerprint density at radius 3 is 0.935 bits per heavy atom. The summed E-state index contributed by atoms with van der Waals surface area (Å²) in [6, 6.07) is 2.61. The number of hydrogen-bond acceptors (Lipinski definition) is 4. The molecule has 0 aliphatic carbocycles. The van der Waals surface area contributed by atoms with E-state index in [0.717, 1.165) is 77.0 Å². The van der Waals surface area contributed by atoms with Crippen molar-refractivity contribution < 1.29 is 80.4 Å². The second-order valence-corrected chi connectivity index (χ2v) is 14.8. The lowest BCUT2D eigenvalue weighted by molar-refractivity contribution is -0.190. The average molecular weight is 903 g/mol. The van der Waals surface area contributed by atoms with Gasteiger partial charge in [0.15, 0.2) is 34.9 Å². The topological polar surface area (TPSA) is 36.9 Å². The Bertz CT molecular complexity index is 1840. The Morgan fingerprint density at radius 2 is 0.629 bits per heavy atom. The minimum Gasteiger partial charge on any atom is -0.493 e. The molecular weight excluding hydrogens is 858 g/mol. The van der Waals surface area contributed by atoms with Gasteiger partial charge in [0.05, 0.1) is 13.2 Å². The van der Waals surface area contributed by atoms with E-state index in [-0.39, 0.29) is 49.0 Å². The molecule has 62 heavy (non-hydrogen) atoms. The maximum atomic E-state index is 14.5. The van der Waals surface area contributed by atoms with Crippen LogP contribution in [0.15, 0.2) is 48.5 Å². The first-order valence-electron chi connectivity index (χ1n) is 20.0. The lowest BCUT2D eigenvalue weighted by Crippen LogP contribution is -2.25. The predicted octanol–water partition coefficient (Wildman–Crippen LogP) is 14.9. The molecule has 0 N–H and O–H groups in total. The lowest BCUT2D eigenvalue weighted by atomic mass is 9.96. The summed E-state index contributed by atoms with van der Waals surface area (Å²) in [6.07, 6.45) is 3.22. The molecule has 0 radical (unpaired) electrons. The second-order valence-electron chi connectivity index (χ2n) is 14.8. The average Bonchev–Trinajstić information content (AvgIpc) is 3.16. The number of benzene rings is 4. The summed E-state index contributed by atoms with van der Waals surface area (Å²) in [5, 5.41) is 0. The van der Waals surface area contributed by atoms with Gasteiger partial charge in [-0.25, -0.2) is 43.9 Å². The van der Waals surface area contributed by atoms with E-state index in [1.807, 2.05) is 0 Å². The fourth-order valence-electron chi connectivity index (χ4n) is 6.53. The molecule has 0 fully saturated rings. The minimum atomic E-state index is -4.69. The third kappa shape index (κ3) is 14.6. The fourth-order valence-corrected chi connectivity index (χ4v) is 6.53. The van der Waals surface area contributed by atoms with Gasteiger partial charge in [0.25, 0.3) is 0 Å². The van der Waals surface area contributed by atoms with Crippen molar-refractivity contribution >= 4 is 0 Å². The number of unbranched alkanes of at least 4 members (excludes halogenated alkanes) is 10. The van der Waals surface area contributed by atoms with Crippen LogP contribution in [-0.2, 0) is 12.2 Å². The molecule has 0 bridgehead atoms. The second kappa shape index (κ2) is 23.0. The summed E-state index contributed by atoms with van der Waals surface area (Å²) in [6.45, 7) is 2.34. The maximum absolute atomic E-state index is 14.5. The SMILES string of the molecule is CC(CCCCCCCCOc1cc(F)c(C(F)(F)Oc2cc(F)c(F)c(F)c2)c(F)c1)CCCCCCCCOc1cc(F)c(C(F)(F)Oc2cc(F)c(F)c(F)c2)c(F)c1. The van der Waals surface area contributed by atoms with Gasteiger partial charge in [0, 0.05) is 48.5 Å². The minimum absolute atomic E-state index is 0.0736. The highest BCUT2D eigenvalue weighted by atomic mass is 19.3. The summed E-state index contributed by atoms with van der Waals surface area (Å²) in [7, 11) is 0. The normalized spacial score (nSPS) is 12.0. The summed E-state index contributed by atoms with van der Waals surface area (Å²) < 4.78 is 215. The zero-order chi connectivity index (χ0) is 45.6. The van der Waals surface area contributed by atoms with Gasteiger partial charge >= 0.3 is 12.2 Å². The van der Waals surface area contributed by atoms with Crippen molar-refractivity contribution in [3.05, 3.63) is 118 Å². The number of halogens is 14. The van der Waals surface area contributed by atoms with E-state index in [0.29, 0.717) is 43.0 Å². The smallest absolute Gasteiger partial charge is 0.432 e. The summed E-state index contributed by atoms with van der Waals surface area (Å²) in [5.41, 5.74) is -3.63. The molecule has 0 atom stereocenters. The molecule has 0 saturated carbocycles. The summed E-state index contributed by atoms with van der Waals surface area (Å²) >= 11 is 0. The van der Waals surface area contributed by atoms with Crippen molar-refractivity contribution in [2.24, 2.45) is 5.92 Å². The number of rotatable bonds is 26. The molecule has 18 heteroatoms. The van der Waals surface area contributed by atoms with Crippen molar-refractivity contribution in [2.75, 3.05) is 13.2 Å². The van der Waals surface area contributed by atoms with Crippen LogP contribution in [0.5, 0.6) is 23.0 Å². The molecule has 0 unspecified atom stereocenters. The Hall–Kier alpha value is -4.90. The van der Waals surface area contributed by atoms with E-state index in [2.05, 4.69) is 16.4 Å². The number of ether oxygens (including phenoxy) is 4. The molecule has 342 valence electrons. The largest absolute Gasteiger partial charge is 0.493 e. The van der Waals surface area contributed by atoms with Crippen LogP contribution in [0.2, 0.25) is 0 Å². The van der Waals surface area contributed by atoms with Gasteiger partial charge in [-0.15, -0.1) is 0 Å². The van der Waals surface area contributed by atoms with E-state index < -0.39 is 93.0 Å². The lowest BCUT2D eigenvalue weighted by Gasteiger charge is -2.20. The molecule has 0 heterocycles. The van der Waals surface area contributed by atoms with Gasteiger partial charge in [-0.1, -0.05) is 84.0 Å². The monoisotopic (exact) mass is 902 g/mol. The van der Waals surface area contributed by atoms with Crippen LogP contribution in [0, 0.1) is 64.1 Å². The first-order chi connectivity index (χ1) is 29.3. The highest BCUT2D eigenvalue weighted by Gasteiger charge is 2.43. The van der Waals surface area contributed by atoms with Crippen LogP contribution in [0.4, 0.5) is 61.5 Å². The van der Waals surface area contributed by atoms with Crippen LogP contribution in [0.3, 0.4) is 0 Å². The van der Waals surface area contributed by atoms with E-state index >= 15 is 0 Å². The van der Waals surface area contributed by atoms with Crippen LogP contribution in [-0.4, -0.2) is 13.2 Å². The predicted molar refractivity (Wildman–Crippen MR) is 199 cm³/mol. The van der Waals surface area contributed by atoms with E-state index in [1.165, 1.54) is 0 Å². The third-order valence-electron chi connectivity index (χ3n) is 9.74. The van der Waals surface area contributed by atoms with E-state index in [1.54, 1.807) is 0 Å². The molecule has 0 aromatic heterocycles. The molecule has 4 aromatic rings. The standard InChI is InChI=1S/C44H44F14O4/c1-26(14-10-6-2-4-8-12-16-59-27-18-31(45)39(32(46)19-27)43(55,56)61-29-22-35(49)41(53)36(50)23-29)15-11-7-3-5-9-13-17-60-28-20-33(47)40(34(48)21-28)44(57,58)62-30-24-37(51)42(54)38(52)25-30/h18-26H,2-17H2,1H3. The fraction of sp³-hybridized carbons (Fsp3) is 0.455. The van der Waals surface area contributed by atoms with Crippen LogP contribution < -0.4 is 18.9 Å². The van der Waals surface area contributed by atoms with Crippen molar-refractivity contribution in [1.29, 1.82) is 0 Å². The van der Waals surface area contributed by atoms with Gasteiger partial charge in [-0.3, -0.25) is 0 Å². The van der Waals surface area contributed by atoms with Crippen LogP contribution >= 0.6 is 0 Å². The van der Waals surface area contributed by atoms with Crippen LogP contribution in [0.1, 0.15) is 108 Å². The number of alkyl halides is 4. The van der Waals surface area contributed by atoms with Gasteiger partial charge < -0.3 is 18.9 Å². The van der Waals surface area contributed by atoms with Crippen molar-refractivity contribution in [3.63, 3.8) is 0 Å². The number of hydrogen-bond donors (Lipinski definition) is 0. The molecule has 0 spiro atoms. The molecule has 0 aliphatic heterocycles. The molecule has 4 rings (SSSR count). The first-order valence-corrected chi connectivity index (χ1v) is 20.0. The van der Waals surface area contributed by atoms with Crippen molar-refractivity contribution in [2.45, 2.75) is 109 Å². The summed E-state index contributed by atoms with van der Waals surface area (Å²) in [5.74, 6) is -20.5. The zero-order valence-corrected chi connectivity index (χ0v) is 33.4. The maximum Gasteiger partial charge on any atom is 0.432 e. The van der Waals surface area contributed by atoms with Gasteiger partial charge in [0.1, 0.15) is 57.4 Å². The van der Waals surface area contributed by atoms with E-state index in [4.69, 9.17) is 9.47 Å². The molecular formula is C44H44F14O4. The molecule has 0 amide bonds. The van der Waals surface area contributed by atoms with Gasteiger partial charge in [0.2, 0.25) is 0 Å². The Morgan fingerprint density at radius 1 is 0.371 bits per heavy atom.